The number of nitrogens with one attached hydrogen (secondary N) is 1. The number of aromatic nitrogens is 2. The quantitative estimate of drug-likeness (QED) is 0.796. The Hall–Kier alpha value is -2.35. The number of benzene rings is 1. The fourth-order valence-electron chi connectivity index (χ4n) is 2.80. The summed E-state index contributed by atoms with van der Waals surface area (Å²) >= 11 is 0. The summed E-state index contributed by atoms with van der Waals surface area (Å²) < 4.78 is 27.2. The molecule has 1 heterocycles. The fraction of sp³-hybridized carbons (Fsp3) is 0.444. The maximum absolute atomic E-state index is 12.4. The van der Waals surface area contributed by atoms with Crippen LogP contribution in [0.15, 0.2) is 30.3 Å². The molecule has 0 spiro atoms. The summed E-state index contributed by atoms with van der Waals surface area (Å²) in [5, 5.41) is 7.22. The van der Waals surface area contributed by atoms with Gasteiger partial charge in [0.2, 0.25) is 15.9 Å². The summed E-state index contributed by atoms with van der Waals surface area (Å²) in [6.07, 6.45) is 1.10. The van der Waals surface area contributed by atoms with Gasteiger partial charge in [-0.05, 0) is 51.5 Å². The Balaban J connectivity index is 2.06. The molecule has 1 N–H and O–H groups in total. The SMILES string of the molecule is Cc1cccc(N(CC(=O)N[C@@H](C)Cn2nc(C)cc2C)S(C)(=O)=O)c1. The van der Waals surface area contributed by atoms with Gasteiger partial charge in [0.05, 0.1) is 24.2 Å². The minimum absolute atomic E-state index is 0.181. The standard InChI is InChI=1S/C18H26N4O3S/c1-13-7-6-8-17(9-13)22(26(5,24)25)12-18(23)19-15(3)11-21-16(4)10-14(2)20-21/h6-10,15H,11-12H2,1-5H3,(H,19,23)/t15-/m0/s1. The number of rotatable bonds is 7. The van der Waals surface area contributed by atoms with Crippen LogP contribution in [0.3, 0.4) is 0 Å². The van der Waals surface area contributed by atoms with Gasteiger partial charge < -0.3 is 5.32 Å². The molecule has 2 rings (SSSR count). The smallest absolute Gasteiger partial charge is 0.241 e. The van der Waals surface area contributed by atoms with Crippen molar-refractivity contribution >= 4 is 21.6 Å². The second-order valence-corrected chi connectivity index (χ2v) is 8.59. The van der Waals surface area contributed by atoms with Gasteiger partial charge in [-0.1, -0.05) is 12.1 Å². The molecule has 1 aromatic heterocycles. The van der Waals surface area contributed by atoms with Crippen LogP contribution in [0.5, 0.6) is 0 Å². The second kappa shape index (κ2) is 7.90. The Labute approximate surface area is 155 Å². The fourth-order valence-corrected chi connectivity index (χ4v) is 3.65. The van der Waals surface area contributed by atoms with E-state index in [-0.39, 0.29) is 18.5 Å². The zero-order chi connectivity index (χ0) is 19.5. The monoisotopic (exact) mass is 378 g/mol. The van der Waals surface area contributed by atoms with Gasteiger partial charge >= 0.3 is 0 Å². The number of anilines is 1. The second-order valence-electron chi connectivity index (χ2n) is 6.69. The number of aryl methyl sites for hydroxylation is 3. The molecule has 7 nitrogen and oxygen atoms in total. The summed E-state index contributed by atoms with van der Waals surface area (Å²) in [7, 11) is -3.57. The van der Waals surface area contributed by atoms with Gasteiger partial charge in [-0.25, -0.2) is 8.42 Å². The molecule has 1 amide bonds. The highest BCUT2D eigenvalue weighted by atomic mass is 32.2. The van der Waals surface area contributed by atoms with Gasteiger partial charge in [0.1, 0.15) is 6.54 Å². The van der Waals surface area contributed by atoms with Crippen molar-refractivity contribution < 1.29 is 13.2 Å². The molecule has 0 aliphatic rings. The normalized spacial score (nSPS) is 12.7. The van der Waals surface area contributed by atoms with Gasteiger partial charge in [-0.3, -0.25) is 13.8 Å². The highest BCUT2D eigenvalue weighted by molar-refractivity contribution is 7.92. The lowest BCUT2D eigenvalue weighted by Gasteiger charge is -2.23. The van der Waals surface area contributed by atoms with E-state index in [1.54, 1.807) is 18.2 Å². The maximum atomic E-state index is 12.4. The lowest BCUT2D eigenvalue weighted by atomic mass is 10.2. The first-order valence-electron chi connectivity index (χ1n) is 8.41. The molecule has 8 heteroatoms. The van der Waals surface area contributed by atoms with Crippen molar-refractivity contribution in [2.45, 2.75) is 40.3 Å². The van der Waals surface area contributed by atoms with Crippen molar-refractivity contribution in [2.24, 2.45) is 0 Å². The Morgan fingerprint density at radius 2 is 1.96 bits per heavy atom. The van der Waals surface area contributed by atoms with Crippen molar-refractivity contribution in [2.75, 3.05) is 17.1 Å². The third kappa shape index (κ3) is 5.32. The third-order valence-corrected chi connectivity index (χ3v) is 5.08. The van der Waals surface area contributed by atoms with E-state index in [2.05, 4.69) is 10.4 Å². The Morgan fingerprint density at radius 1 is 1.27 bits per heavy atom. The highest BCUT2D eigenvalue weighted by Crippen LogP contribution is 2.18. The molecule has 2 aromatic rings. The number of carbonyl (C=O) groups is 1. The molecule has 0 saturated heterocycles. The summed E-state index contributed by atoms with van der Waals surface area (Å²) in [6.45, 7) is 7.88. The minimum atomic E-state index is -3.57. The van der Waals surface area contributed by atoms with Crippen molar-refractivity contribution in [1.82, 2.24) is 15.1 Å². The van der Waals surface area contributed by atoms with Crippen LogP contribution < -0.4 is 9.62 Å². The van der Waals surface area contributed by atoms with Crippen LogP contribution >= 0.6 is 0 Å². The van der Waals surface area contributed by atoms with Crippen LogP contribution in [-0.4, -0.2) is 42.9 Å². The summed E-state index contributed by atoms with van der Waals surface area (Å²) in [6, 6.07) is 8.86. The number of nitrogens with zero attached hydrogens (tertiary/aromatic N) is 3. The molecular weight excluding hydrogens is 352 g/mol. The van der Waals surface area contributed by atoms with E-state index in [0.717, 1.165) is 27.5 Å². The van der Waals surface area contributed by atoms with E-state index in [1.165, 1.54) is 0 Å². The van der Waals surface area contributed by atoms with Gasteiger partial charge in [0.15, 0.2) is 0 Å². The lowest BCUT2D eigenvalue weighted by molar-refractivity contribution is -0.120. The van der Waals surface area contributed by atoms with Gasteiger partial charge in [-0.2, -0.15) is 5.10 Å². The number of amides is 1. The molecule has 0 bridgehead atoms. The summed E-state index contributed by atoms with van der Waals surface area (Å²) in [5.74, 6) is -0.356. The first kappa shape index (κ1) is 20.0. The Morgan fingerprint density at radius 3 is 2.50 bits per heavy atom. The molecule has 26 heavy (non-hydrogen) atoms. The Bertz CT molecular complexity index is 890. The number of carbonyl (C=O) groups excluding carboxylic acids is 1. The maximum Gasteiger partial charge on any atom is 0.241 e. The molecule has 142 valence electrons. The van der Waals surface area contributed by atoms with Crippen LogP contribution in [0.4, 0.5) is 5.69 Å². The average molecular weight is 378 g/mol. The summed E-state index contributed by atoms with van der Waals surface area (Å²) in [4.78, 5) is 12.4. The van der Waals surface area contributed by atoms with Gasteiger partial charge in [0, 0.05) is 11.7 Å². The van der Waals surface area contributed by atoms with E-state index in [9.17, 15) is 13.2 Å². The molecule has 0 radical (unpaired) electrons. The minimum Gasteiger partial charge on any atom is -0.350 e. The first-order valence-corrected chi connectivity index (χ1v) is 10.3. The average Bonchev–Trinajstić information content (AvgIpc) is 2.81. The Kier molecular flexibility index (Phi) is 6.07. The van der Waals surface area contributed by atoms with Crippen molar-refractivity contribution in [3.63, 3.8) is 0 Å². The van der Waals surface area contributed by atoms with E-state index < -0.39 is 10.0 Å². The van der Waals surface area contributed by atoms with E-state index in [4.69, 9.17) is 0 Å². The van der Waals surface area contributed by atoms with Gasteiger partial charge in [-0.15, -0.1) is 0 Å². The predicted molar refractivity (Wildman–Crippen MR) is 103 cm³/mol. The topological polar surface area (TPSA) is 84.3 Å². The molecule has 0 unspecified atom stereocenters. The van der Waals surface area contributed by atoms with Gasteiger partial charge in [0.25, 0.3) is 0 Å². The van der Waals surface area contributed by atoms with Crippen LogP contribution in [0.25, 0.3) is 0 Å². The number of hydrogen-bond donors (Lipinski definition) is 1. The predicted octanol–water partition coefficient (Wildman–Crippen LogP) is 1.78. The molecule has 0 fully saturated rings. The molecule has 0 saturated carbocycles. The van der Waals surface area contributed by atoms with Crippen molar-refractivity contribution in [3.8, 4) is 0 Å². The zero-order valence-electron chi connectivity index (χ0n) is 15.9. The van der Waals surface area contributed by atoms with Crippen LogP contribution in [0.2, 0.25) is 0 Å². The third-order valence-electron chi connectivity index (χ3n) is 3.93. The largest absolute Gasteiger partial charge is 0.350 e. The van der Waals surface area contributed by atoms with Crippen molar-refractivity contribution in [3.05, 3.63) is 47.3 Å². The van der Waals surface area contributed by atoms with Crippen molar-refractivity contribution in [1.29, 1.82) is 0 Å². The zero-order valence-corrected chi connectivity index (χ0v) is 16.7. The number of sulfonamides is 1. The lowest BCUT2D eigenvalue weighted by Crippen LogP contribution is -2.44. The molecule has 0 aliphatic heterocycles. The molecule has 0 aliphatic carbocycles. The first-order chi connectivity index (χ1) is 12.1. The molecular formula is C18H26N4O3S. The summed E-state index contributed by atoms with van der Waals surface area (Å²) in [5.41, 5.74) is 3.34. The highest BCUT2D eigenvalue weighted by Gasteiger charge is 2.22. The molecule has 1 atom stereocenters. The molecule has 1 aromatic carbocycles. The number of hydrogen-bond acceptors (Lipinski definition) is 4. The van der Waals surface area contributed by atoms with E-state index >= 15 is 0 Å². The van der Waals surface area contributed by atoms with Crippen LogP contribution in [-0.2, 0) is 21.4 Å². The van der Waals surface area contributed by atoms with E-state index in [1.807, 2.05) is 44.5 Å². The van der Waals surface area contributed by atoms with E-state index in [0.29, 0.717) is 12.2 Å². The van der Waals surface area contributed by atoms with Crippen LogP contribution in [0, 0.1) is 20.8 Å². The van der Waals surface area contributed by atoms with Crippen LogP contribution in [0.1, 0.15) is 23.9 Å².